The second kappa shape index (κ2) is 11.7. The minimum absolute atomic E-state index is 0.183. The van der Waals surface area contributed by atoms with Crippen molar-refractivity contribution in [3.05, 3.63) is 23.8 Å². The molecule has 0 spiro atoms. The molecule has 0 aromatic heterocycles. The lowest BCUT2D eigenvalue weighted by molar-refractivity contribution is -0.432. The van der Waals surface area contributed by atoms with Gasteiger partial charge in [0, 0.05) is 0 Å². The van der Waals surface area contributed by atoms with Crippen LogP contribution in [0, 0.1) is 11.8 Å². The Bertz CT molecular complexity index is 695. The van der Waals surface area contributed by atoms with Crippen LogP contribution in [0.1, 0.15) is 77.6 Å². The van der Waals surface area contributed by atoms with Crippen LogP contribution >= 0.6 is 0 Å². The van der Waals surface area contributed by atoms with Gasteiger partial charge in [-0.05, 0) is 49.5 Å². The van der Waals surface area contributed by atoms with Gasteiger partial charge in [0.25, 0.3) is 0 Å². The molecule has 1 unspecified atom stereocenters. The first-order valence-electron chi connectivity index (χ1n) is 11.9. The van der Waals surface area contributed by atoms with Gasteiger partial charge in [-0.2, -0.15) is 35.1 Å². The lowest BCUT2D eigenvalue weighted by atomic mass is 9.76. The zero-order valence-corrected chi connectivity index (χ0v) is 19.3. The number of alkyl halides is 9. The number of ether oxygens (including phenoxy) is 1. The van der Waals surface area contributed by atoms with Crippen LogP contribution in [0.25, 0.3) is 0 Å². The van der Waals surface area contributed by atoms with E-state index in [-0.39, 0.29) is 12.3 Å². The molecule has 0 radical (unpaired) electrons. The molecule has 34 heavy (non-hydrogen) atoms. The van der Waals surface area contributed by atoms with Crippen molar-refractivity contribution >= 4 is 0 Å². The molecule has 1 fully saturated rings. The first-order chi connectivity index (χ1) is 15.8. The summed E-state index contributed by atoms with van der Waals surface area (Å²) in [5.74, 6) is -18.4. The Hall–Kier alpha value is -1.19. The van der Waals surface area contributed by atoms with Gasteiger partial charge in [-0.1, -0.05) is 63.7 Å². The highest BCUT2D eigenvalue weighted by Gasteiger charge is 2.81. The molecule has 1 saturated carbocycles. The average molecular weight is 509 g/mol. The molecule has 0 amide bonds. The minimum atomic E-state index is -6.65. The van der Waals surface area contributed by atoms with Crippen LogP contribution in [0.5, 0.6) is 0 Å². The molecule has 2 aliphatic rings. The summed E-state index contributed by atoms with van der Waals surface area (Å²) in [7, 11) is 0. The number of hydrogen-bond donors (Lipinski definition) is 0. The van der Waals surface area contributed by atoms with Crippen LogP contribution < -0.4 is 0 Å². The number of halogens is 9. The molecule has 1 nitrogen and oxygen atoms in total. The first-order valence-corrected chi connectivity index (χ1v) is 11.9. The molecule has 0 aromatic rings. The maximum absolute atomic E-state index is 13.9. The standard InChI is InChI=1S/C24H33F9O/c1-2-3-4-5-6-7-17-8-10-18(11-9-17)19-12-14-20(15-13-19)34-24(32,33)23(30,31)22(28,29)21(26,27)16-25/h12-14,17-18,20H,2-11,15-16H2,1H3. The van der Waals surface area contributed by atoms with Gasteiger partial charge < -0.3 is 4.74 Å². The van der Waals surface area contributed by atoms with Gasteiger partial charge in [0.15, 0.2) is 6.67 Å². The maximum atomic E-state index is 13.9. The Morgan fingerprint density at radius 1 is 0.853 bits per heavy atom. The molecule has 0 N–H and O–H groups in total. The molecule has 0 aliphatic heterocycles. The molecule has 1 atom stereocenters. The van der Waals surface area contributed by atoms with Crippen molar-refractivity contribution in [2.75, 3.05) is 6.67 Å². The van der Waals surface area contributed by atoms with Crippen molar-refractivity contribution in [1.82, 2.24) is 0 Å². The van der Waals surface area contributed by atoms with Crippen molar-refractivity contribution in [3.8, 4) is 0 Å². The summed E-state index contributed by atoms with van der Waals surface area (Å²) in [5, 5.41) is 0. The van der Waals surface area contributed by atoms with Crippen molar-refractivity contribution in [2.45, 2.75) is 108 Å². The van der Waals surface area contributed by atoms with E-state index in [1.807, 2.05) is 0 Å². The molecule has 0 saturated heterocycles. The van der Waals surface area contributed by atoms with E-state index in [4.69, 9.17) is 0 Å². The summed E-state index contributed by atoms with van der Waals surface area (Å²) in [4.78, 5) is 0. The zero-order valence-electron chi connectivity index (χ0n) is 19.3. The SMILES string of the molecule is CCCCCCCC1CCC(C2=CCC(OC(F)(F)C(F)(F)C(F)(F)C(F)(F)CF)C=C2)CC1. The van der Waals surface area contributed by atoms with Crippen molar-refractivity contribution in [1.29, 1.82) is 0 Å². The van der Waals surface area contributed by atoms with Crippen LogP contribution in [0.3, 0.4) is 0 Å². The lowest BCUT2D eigenvalue weighted by Gasteiger charge is -2.36. The Morgan fingerprint density at radius 2 is 1.47 bits per heavy atom. The Kier molecular flexibility index (Phi) is 9.99. The average Bonchev–Trinajstić information content (AvgIpc) is 2.79. The highest BCUT2D eigenvalue weighted by atomic mass is 19.4. The van der Waals surface area contributed by atoms with E-state index < -0.39 is 36.7 Å². The van der Waals surface area contributed by atoms with Crippen molar-refractivity contribution < 1.29 is 44.3 Å². The van der Waals surface area contributed by atoms with E-state index in [0.717, 1.165) is 37.3 Å². The Morgan fingerprint density at radius 3 is 2.00 bits per heavy atom. The van der Waals surface area contributed by atoms with E-state index in [0.29, 0.717) is 5.92 Å². The summed E-state index contributed by atoms with van der Waals surface area (Å²) < 4.78 is 124. The van der Waals surface area contributed by atoms with Gasteiger partial charge in [0.1, 0.15) is 0 Å². The van der Waals surface area contributed by atoms with Crippen LogP contribution in [-0.2, 0) is 4.74 Å². The van der Waals surface area contributed by atoms with Gasteiger partial charge in [-0.25, -0.2) is 4.39 Å². The van der Waals surface area contributed by atoms with E-state index >= 15 is 0 Å². The monoisotopic (exact) mass is 508 g/mol. The van der Waals surface area contributed by atoms with Crippen LogP contribution in [0.15, 0.2) is 23.8 Å². The van der Waals surface area contributed by atoms with Gasteiger partial charge in [-0.15, -0.1) is 0 Å². The summed E-state index contributed by atoms with van der Waals surface area (Å²) in [5.41, 5.74) is 0.839. The third-order valence-corrected chi connectivity index (χ3v) is 6.81. The quantitative estimate of drug-likeness (QED) is 0.178. The number of allylic oxidation sites excluding steroid dienone is 2. The fourth-order valence-corrected chi connectivity index (χ4v) is 4.59. The molecule has 10 heteroatoms. The molecule has 0 bridgehead atoms. The van der Waals surface area contributed by atoms with Gasteiger partial charge in [0.2, 0.25) is 0 Å². The van der Waals surface area contributed by atoms with E-state index in [1.54, 1.807) is 0 Å². The number of unbranched alkanes of at least 4 members (excludes halogenated alkanes) is 4. The van der Waals surface area contributed by atoms with Crippen LogP contribution in [-0.4, -0.2) is 36.7 Å². The third kappa shape index (κ3) is 6.52. The third-order valence-electron chi connectivity index (χ3n) is 6.81. The van der Waals surface area contributed by atoms with E-state index in [1.165, 1.54) is 50.7 Å². The molecule has 2 aliphatic carbocycles. The molecule has 2 rings (SSSR count). The summed E-state index contributed by atoms with van der Waals surface area (Å²) in [6.45, 7) is -1.05. The number of hydrogen-bond acceptors (Lipinski definition) is 1. The molecule has 0 heterocycles. The number of rotatable bonds is 13. The van der Waals surface area contributed by atoms with Gasteiger partial charge >= 0.3 is 23.9 Å². The second-order valence-electron chi connectivity index (χ2n) is 9.38. The van der Waals surface area contributed by atoms with Crippen LogP contribution in [0.2, 0.25) is 0 Å². The normalized spacial score (nSPS) is 24.9. The minimum Gasteiger partial charge on any atom is -0.308 e. The second-order valence-corrected chi connectivity index (χ2v) is 9.38. The highest BCUT2D eigenvalue weighted by molar-refractivity contribution is 5.27. The first kappa shape index (κ1) is 29.0. The van der Waals surface area contributed by atoms with Gasteiger partial charge in [-0.3, -0.25) is 0 Å². The van der Waals surface area contributed by atoms with Crippen molar-refractivity contribution in [2.24, 2.45) is 11.8 Å². The fraction of sp³-hybridized carbons (Fsp3) is 0.833. The van der Waals surface area contributed by atoms with Gasteiger partial charge in [0.05, 0.1) is 6.10 Å². The predicted octanol–water partition coefficient (Wildman–Crippen LogP) is 8.89. The van der Waals surface area contributed by atoms with Crippen molar-refractivity contribution in [3.63, 3.8) is 0 Å². The Labute approximate surface area is 194 Å². The molecular formula is C24H33F9O. The molecule has 0 aromatic carbocycles. The van der Waals surface area contributed by atoms with E-state index in [2.05, 4.69) is 11.7 Å². The molecule has 198 valence electrons. The lowest BCUT2D eigenvalue weighted by Crippen LogP contribution is -2.64. The fourth-order valence-electron chi connectivity index (χ4n) is 4.59. The van der Waals surface area contributed by atoms with E-state index in [9.17, 15) is 39.5 Å². The summed E-state index contributed by atoms with van der Waals surface area (Å²) >= 11 is 0. The maximum Gasteiger partial charge on any atom is 0.426 e. The molecular weight excluding hydrogens is 475 g/mol. The predicted molar refractivity (Wildman–Crippen MR) is 111 cm³/mol. The zero-order chi connectivity index (χ0) is 25.6. The topological polar surface area (TPSA) is 9.23 Å². The summed E-state index contributed by atoms with van der Waals surface area (Å²) in [6, 6.07) is 0. The Balaban J connectivity index is 1.87. The largest absolute Gasteiger partial charge is 0.426 e. The summed E-state index contributed by atoms with van der Waals surface area (Å²) in [6.07, 6.45) is 7.23. The highest BCUT2D eigenvalue weighted by Crippen LogP contribution is 2.53. The van der Waals surface area contributed by atoms with Crippen LogP contribution in [0.4, 0.5) is 39.5 Å². The smallest absolute Gasteiger partial charge is 0.308 e.